The third-order valence-corrected chi connectivity index (χ3v) is 7.71. The maximum atomic E-state index is 13.4. The van der Waals surface area contributed by atoms with Crippen LogP contribution in [-0.4, -0.2) is 64.1 Å². The van der Waals surface area contributed by atoms with E-state index in [2.05, 4.69) is 4.98 Å². The summed E-state index contributed by atoms with van der Waals surface area (Å²) < 4.78 is 18.6. The lowest BCUT2D eigenvalue weighted by Gasteiger charge is -2.39. The van der Waals surface area contributed by atoms with Gasteiger partial charge < -0.3 is 14.5 Å². The molecule has 1 aromatic carbocycles. The van der Waals surface area contributed by atoms with Crippen molar-refractivity contribution in [3.8, 4) is 0 Å². The highest BCUT2D eigenvalue weighted by Crippen LogP contribution is 2.38. The minimum atomic E-state index is -0.350. The van der Waals surface area contributed by atoms with Crippen LogP contribution >= 0.6 is 11.6 Å². The summed E-state index contributed by atoms with van der Waals surface area (Å²) in [6.45, 7) is 5.58. The van der Waals surface area contributed by atoms with Crippen LogP contribution in [0.2, 0.25) is 5.02 Å². The van der Waals surface area contributed by atoms with Gasteiger partial charge in [0.25, 0.3) is 5.91 Å². The van der Waals surface area contributed by atoms with E-state index in [0.717, 1.165) is 41.6 Å². The van der Waals surface area contributed by atoms with Crippen molar-refractivity contribution < 1.29 is 18.7 Å². The molecule has 2 amide bonds. The molecular weight excluding hydrogens is 495 g/mol. The Labute approximate surface area is 220 Å². The number of ether oxygens (including phenoxy) is 1. The van der Waals surface area contributed by atoms with Crippen LogP contribution in [0.25, 0.3) is 10.9 Å². The highest BCUT2D eigenvalue weighted by Gasteiger charge is 2.31. The molecule has 0 bridgehead atoms. The van der Waals surface area contributed by atoms with Gasteiger partial charge in [-0.1, -0.05) is 24.6 Å². The molecule has 1 unspecified atom stereocenters. The molecule has 1 saturated heterocycles. The van der Waals surface area contributed by atoms with Crippen molar-refractivity contribution in [3.63, 3.8) is 0 Å². The first kappa shape index (κ1) is 25.4. The van der Waals surface area contributed by atoms with E-state index < -0.39 is 0 Å². The molecule has 3 aromatic rings. The van der Waals surface area contributed by atoms with Gasteiger partial charge in [-0.25, -0.2) is 9.18 Å². The minimum Gasteiger partial charge on any atom is -0.449 e. The zero-order valence-electron chi connectivity index (χ0n) is 21.0. The molecule has 0 saturated carbocycles. The maximum absolute atomic E-state index is 13.4. The Hall–Kier alpha value is -3.26. The number of fused-ring (bicyclic) bond motifs is 2. The molecule has 2 aromatic heterocycles. The summed E-state index contributed by atoms with van der Waals surface area (Å²) in [5, 5.41) is 1.50. The summed E-state index contributed by atoms with van der Waals surface area (Å²) in [4.78, 5) is 38.3. The number of hydrogen-bond donors (Lipinski definition) is 0. The number of rotatable bonds is 4. The van der Waals surface area contributed by atoms with Crippen molar-refractivity contribution in [1.82, 2.24) is 19.8 Å². The topological polar surface area (TPSA) is 75.6 Å². The molecule has 0 spiro atoms. The lowest BCUT2D eigenvalue weighted by atomic mass is 9.84. The molecule has 2 aliphatic rings. The lowest BCUT2D eigenvalue weighted by Crippen LogP contribution is -2.55. The van der Waals surface area contributed by atoms with Crippen molar-refractivity contribution >= 4 is 34.5 Å². The SMILES string of the molecule is CCCOC(=O)N1CCN(C(=O)c2ccc3c(Cl)c4c(nc3c2)CC(c2ccc(F)cn2)CC4)[C@H](C)C1. The number of carbonyl (C=O) groups excluding carboxylic acids is 2. The normalized spacial score (nSPS) is 19.6. The Morgan fingerprint density at radius 2 is 2.05 bits per heavy atom. The van der Waals surface area contributed by atoms with Crippen molar-refractivity contribution in [3.05, 3.63) is 69.9 Å². The van der Waals surface area contributed by atoms with Gasteiger partial charge in [-0.05, 0) is 62.4 Å². The summed E-state index contributed by atoms with van der Waals surface area (Å²) in [7, 11) is 0. The zero-order chi connectivity index (χ0) is 26.1. The fourth-order valence-electron chi connectivity index (χ4n) is 5.27. The first-order chi connectivity index (χ1) is 17.9. The van der Waals surface area contributed by atoms with Crippen LogP contribution in [0.1, 0.15) is 59.9 Å². The number of nitrogens with zero attached hydrogens (tertiary/aromatic N) is 4. The second kappa shape index (κ2) is 10.6. The van der Waals surface area contributed by atoms with Crippen LogP contribution < -0.4 is 0 Å². The average Bonchev–Trinajstić information content (AvgIpc) is 2.91. The Morgan fingerprint density at radius 1 is 1.22 bits per heavy atom. The average molecular weight is 525 g/mol. The van der Waals surface area contributed by atoms with Crippen LogP contribution in [0.15, 0.2) is 36.5 Å². The quantitative estimate of drug-likeness (QED) is 0.457. The summed E-state index contributed by atoms with van der Waals surface area (Å²) in [5.41, 5.74) is 4.00. The fraction of sp³-hybridized carbons (Fsp3) is 0.429. The van der Waals surface area contributed by atoms with E-state index in [1.807, 2.05) is 19.9 Å². The highest BCUT2D eigenvalue weighted by atomic mass is 35.5. The number of halogens is 2. The van der Waals surface area contributed by atoms with E-state index in [9.17, 15) is 14.0 Å². The van der Waals surface area contributed by atoms with Crippen LogP contribution in [-0.2, 0) is 17.6 Å². The van der Waals surface area contributed by atoms with Crippen LogP contribution in [0.4, 0.5) is 9.18 Å². The molecule has 194 valence electrons. The van der Waals surface area contributed by atoms with Crippen molar-refractivity contribution in [2.24, 2.45) is 0 Å². The molecule has 0 radical (unpaired) electrons. The van der Waals surface area contributed by atoms with Crippen molar-refractivity contribution in [2.45, 2.75) is 51.5 Å². The Kier molecular flexibility index (Phi) is 7.29. The first-order valence-electron chi connectivity index (χ1n) is 12.8. The lowest BCUT2D eigenvalue weighted by molar-refractivity contribution is 0.0414. The van der Waals surface area contributed by atoms with Crippen molar-refractivity contribution in [2.75, 3.05) is 26.2 Å². The summed E-state index contributed by atoms with van der Waals surface area (Å²) in [6, 6.07) is 8.50. The molecular formula is C28H30ClFN4O3. The van der Waals surface area contributed by atoms with E-state index in [4.69, 9.17) is 21.3 Å². The van der Waals surface area contributed by atoms with Gasteiger partial charge in [0.1, 0.15) is 5.82 Å². The van der Waals surface area contributed by atoms with Gasteiger partial charge in [0.05, 0.1) is 23.3 Å². The number of piperazine rings is 1. The van der Waals surface area contributed by atoms with Gasteiger partial charge >= 0.3 is 6.09 Å². The second-order valence-electron chi connectivity index (χ2n) is 9.83. The van der Waals surface area contributed by atoms with Gasteiger partial charge in [0.2, 0.25) is 0 Å². The monoisotopic (exact) mass is 524 g/mol. The van der Waals surface area contributed by atoms with Crippen LogP contribution in [0.5, 0.6) is 0 Å². The molecule has 37 heavy (non-hydrogen) atoms. The molecule has 3 heterocycles. The zero-order valence-corrected chi connectivity index (χ0v) is 21.8. The second-order valence-corrected chi connectivity index (χ2v) is 10.2. The number of carbonyl (C=O) groups is 2. The number of amides is 2. The van der Waals surface area contributed by atoms with E-state index in [1.165, 1.54) is 12.3 Å². The van der Waals surface area contributed by atoms with E-state index in [0.29, 0.717) is 48.8 Å². The predicted octanol–water partition coefficient (Wildman–Crippen LogP) is 5.39. The third kappa shape index (κ3) is 5.12. The molecule has 1 aliphatic heterocycles. The Bertz CT molecular complexity index is 1330. The number of benzene rings is 1. The van der Waals surface area contributed by atoms with Crippen LogP contribution in [0, 0.1) is 5.82 Å². The third-order valence-electron chi connectivity index (χ3n) is 7.28. The van der Waals surface area contributed by atoms with Crippen molar-refractivity contribution in [1.29, 1.82) is 0 Å². The maximum Gasteiger partial charge on any atom is 0.409 e. The fourth-order valence-corrected chi connectivity index (χ4v) is 5.64. The molecule has 1 aliphatic carbocycles. The number of aromatic nitrogens is 2. The van der Waals surface area contributed by atoms with E-state index in [-0.39, 0.29) is 29.8 Å². The summed E-state index contributed by atoms with van der Waals surface area (Å²) >= 11 is 6.81. The van der Waals surface area contributed by atoms with E-state index in [1.54, 1.807) is 28.0 Å². The smallest absolute Gasteiger partial charge is 0.409 e. The first-order valence-corrected chi connectivity index (χ1v) is 13.2. The molecule has 0 N–H and O–H groups in total. The van der Waals surface area contributed by atoms with Gasteiger partial charge in [-0.15, -0.1) is 0 Å². The number of hydrogen-bond acceptors (Lipinski definition) is 5. The van der Waals surface area contributed by atoms with Gasteiger partial charge in [-0.3, -0.25) is 14.8 Å². The van der Waals surface area contributed by atoms with Crippen LogP contribution in [0.3, 0.4) is 0 Å². The number of pyridine rings is 2. The summed E-state index contributed by atoms with van der Waals surface area (Å²) in [6.07, 6.45) is 3.99. The Morgan fingerprint density at radius 3 is 2.78 bits per heavy atom. The standard InChI is InChI=1S/C28H30ClFN4O3/c1-3-12-37-28(36)33-10-11-34(17(2)16-33)27(35)19-5-8-22-25(14-19)32-24-13-18(4-7-21(24)26(22)29)23-9-6-20(30)15-31-23/h5-6,8-9,14-15,17-18H,3-4,7,10-13,16H2,1-2H3/t17-,18?/m1/s1. The molecule has 1 fully saturated rings. The van der Waals surface area contributed by atoms with Gasteiger partial charge in [-0.2, -0.15) is 0 Å². The summed E-state index contributed by atoms with van der Waals surface area (Å²) in [5.74, 6) is -0.309. The Balaban J connectivity index is 1.36. The van der Waals surface area contributed by atoms with E-state index >= 15 is 0 Å². The molecule has 2 atom stereocenters. The van der Waals surface area contributed by atoms with Gasteiger partial charge in [0, 0.05) is 53.9 Å². The molecule has 9 heteroatoms. The molecule has 5 rings (SSSR count). The molecule has 7 nitrogen and oxygen atoms in total. The predicted molar refractivity (Wildman–Crippen MR) is 139 cm³/mol. The highest BCUT2D eigenvalue weighted by molar-refractivity contribution is 6.36. The minimum absolute atomic E-state index is 0.0972. The largest absolute Gasteiger partial charge is 0.449 e. The van der Waals surface area contributed by atoms with Gasteiger partial charge in [0.15, 0.2) is 0 Å².